The molecule has 4 aromatic rings. The van der Waals surface area contributed by atoms with Gasteiger partial charge < -0.3 is 20.6 Å². The molecule has 10 nitrogen and oxygen atoms in total. The number of nitrogen functional groups attached to an aromatic ring is 1. The number of piperazine rings is 1. The average Bonchev–Trinajstić information content (AvgIpc) is 2.90. The molecule has 0 aliphatic carbocycles. The first-order chi connectivity index (χ1) is 19.0. The molecule has 5 rings (SSSR count). The molecule has 4 heterocycles. The summed E-state index contributed by atoms with van der Waals surface area (Å²) in [5.41, 5.74) is 7.69. The van der Waals surface area contributed by atoms with E-state index in [0.717, 1.165) is 11.1 Å². The topological polar surface area (TPSA) is 130 Å². The van der Waals surface area contributed by atoms with Crippen LogP contribution in [0.1, 0.15) is 37.8 Å². The number of halogens is 2. The molecule has 40 heavy (non-hydrogen) atoms. The molecule has 0 spiro atoms. The predicted octanol–water partition coefficient (Wildman–Crippen LogP) is 4.84. The number of aryl methyl sites for hydroxylation is 1. The minimum atomic E-state index is -1.02. The number of hydrogen-bond donors (Lipinski definition) is 2. The van der Waals surface area contributed by atoms with Crippen molar-refractivity contribution in [2.24, 2.45) is 0 Å². The lowest BCUT2D eigenvalue weighted by Crippen LogP contribution is -2.54. The maximum atomic E-state index is 15.8. The molecule has 12 heteroatoms. The van der Waals surface area contributed by atoms with E-state index in [9.17, 15) is 14.7 Å². The summed E-state index contributed by atoms with van der Waals surface area (Å²) in [6.45, 7) is 8.44. The van der Waals surface area contributed by atoms with Crippen LogP contribution in [-0.4, -0.2) is 61.3 Å². The number of anilines is 2. The molecule has 3 aromatic heterocycles. The SMILES string of the molecule is Cc1cccc(C(C)C)c1-n1c(=O)nc(N2CCN(C(=O)O)CC2C)c2cc(F)c(-c3nc(N)ccc3Cl)nc21. The van der Waals surface area contributed by atoms with Crippen molar-refractivity contribution in [3.8, 4) is 17.1 Å². The maximum absolute atomic E-state index is 15.8. The van der Waals surface area contributed by atoms with Crippen molar-refractivity contribution in [3.63, 3.8) is 0 Å². The number of carbonyl (C=O) groups is 1. The zero-order valence-corrected chi connectivity index (χ0v) is 23.3. The summed E-state index contributed by atoms with van der Waals surface area (Å²) in [5, 5.41) is 9.91. The molecule has 1 fully saturated rings. The molecule has 1 atom stereocenters. The van der Waals surface area contributed by atoms with Gasteiger partial charge in [-0.1, -0.05) is 43.6 Å². The van der Waals surface area contributed by atoms with Crippen LogP contribution in [0.4, 0.5) is 20.8 Å². The molecule has 3 N–H and O–H groups in total. The quantitative estimate of drug-likeness (QED) is 0.359. The lowest BCUT2D eigenvalue weighted by Gasteiger charge is -2.39. The number of pyridine rings is 2. The summed E-state index contributed by atoms with van der Waals surface area (Å²) in [4.78, 5) is 41.9. The highest BCUT2D eigenvalue weighted by atomic mass is 35.5. The third-order valence-electron chi connectivity index (χ3n) is 7.18. The van der Waals surface area contributed by atoms with Crippen LogP contribution in [-0.2, 0) is 0 Å². The fourth-order valence-corrected chi connectivity index (χ4v) is 5.41. The molecular formula is C28H29ClFN7O3. The summed E-state index contributed by atoms with van der Waals surface area (Å²) in [6, 6.07) is 9.71. The third kappa shape index (κ3) is 4.70. The van der Waals surface area contributed by atoms with Crippen LogP contribution in [0, 0.1) is 12.7 Å². The number of hydrogen-bond acceptors (Lipinski definition) is 7. The third-order valence-corrected chi connectivity index (χ3v) is 7.48. The molecule has 1 amide bonds. The van der Waals surface area contributed by atoms with Gasteiger partial charge in [-0.2, -0.15) is 4.98 Å². The van der Waals surface area contributed by atoms with Gasteiger partial charge in [0.15, 0.2) is 11.5 Å². The highest BCUT2D eigenvalue weighted by Gasteiger charge is 2.31. The normalized spacial score (nSPS) is 15.7. The molecular weight excluding hydrogens is 537 g/mol. The number of nitrogens with two attached hydrogens (primary N) is 1. The highest BCUT2D eigenvalue weighted by molar-refractivity contribution is 6.33. The van der Waals surface area contributed by atoms with Gasteiger partial charge in [0, 0.05) is 25.7 Å². The standard InChI is InChI=1S/C28H29ClFN7O3/c1-14(2)17-7-5-6-15(3)24(17)37-26-18(12-20(30)23(33-26)22-19(29)8-9-21(31)32-22)25(34-27(37)38)36-11-10-35(28(39)40)13-16(36)4/h5-9,12,14,16H,10-11,13H2,1-4H3,(H2,31,32)(H,39,40). The van der Waals surface area contributed by atoms with Gasteiger partial charge >= 0.3 is 11.8 Å². The lowest BCUT2D eigenvalue weighted by atomic mass is 9.98. The van der Waals surface area contributed by atoms with Gasteiger partial charge in [0.2, 0.25) is 0 Å². The molecule has 0 radical (unpaired) electrons. The molecule has 1 unspecified atom stereocenters. The molecule has 1 aliphatic rings. The molecule has 208 valence electrons. The predicted molar refractivity (Wildman–Crippen MR) is 153 cm³/mol. The molecule has 0 saturated carbocycles. The summed E-state index contributed by atoms with van der Waals surface area (Å²) >= 11 is 6.38. The van der Waals surface area contributed by atoms with E-state index in [1.807, 2.05) is 50.8 Å². The van der Waals surface area contributed by atoms with Gasteiger partial charge in [-0.25, -0.2) is 28.5 Å². The number of carboxylic acid groups (broad SMARTS) is 1. The minimum absolute atomic E-state index is 0.0516. The summed E-state index contributed by atoms with van der Waals surface area (Å²) in [5.74, 6) is -0.283. The first-order valence-electron chi connectivity index (χ1n) is 12.9. The Kier molecular flexibility index (Phi) is 7.09. The molecule has 1 aliphatic heterocycles. The Morgan fingerprint density at radius 3 is 2.58 bits per heavy atom. The van der Waals surface area contributed by atoms with Gasteiger partial charge in [-0.05, 0) is 49.1 Å². The average molecular weight is 566 g/mol. The van der Waals surface area contributed by atoms with Crippen molar-refractivity contribution in [1.82, 2.24) is 24.4 Å². The van der Waals surface area contributed by atoms with E-state index >= 15 is 4.39 Å². The second kappa shape index (κ2) is 10.4. The number of para-hydroxylation sites is 1. The fraction of sp³-hybridized carbons (Fsp3) is 0.321. The number of fused-ring (bicyclic) bond motifs is 1. The van der Waals surface area contributed by atoms with E-state index in [2.05, 4.69) is 15.0 Å². The van der Waals surface area contributed by atoms with Crippen LogP contribution >= 0.6 is 11.6 Å². The largest absolute Gasteiger partial charge is 0.465 e. The number of rotatable bonds is 4. The first-order valence-corrected chi connectivity index (χ1v) is 13.3. The molecule has 1 saturated heterocycles. The van der Waals surface area contributed by atoms with Crippen molar-refractivity contribution in [2.75, 3.05) is 30.3 Å². The second-order valence-electron chi connectivity index (χ2n) is 10.2. The smallest absolute Gasteiger partial charge is 0.407 e. The zero-order valence-electron chi connectivity index (χ0n) is 22.5. The minimum Gasteiger partial charge on any atom is -0.465 e. The van der Waals surface area contributed by atoms with E-state index in [1.54, 1.807) is 0 Å². The van der Waals surface area contributed by atoms with Gasteiger partial charge in [0.1, 0.15) is 23.0 Å². The summed E-state index contributed by atoms with van der Waals surface area (Å²) in [7, 11) is 0. The van der Waals surface area contributed by atoms with E-state index < -0.39 is 17.6 Å². The van der Waals surface area contributed by atoms with Crippen molar-refractivity contribution in [2.45, 2.75) is 39.7 Å². The monoisotopic (exact) mass is 565 g/mol. The van der Waals surface area contributed by atoms with E-state index in [1.165, 1.54) is 27.7 Å². The molecule has 1 aromatic carbocycles. The van der Waals surface area contributed by atoms with Crippen LogP contribution in [0.25, 0.3) is 28.1 Å². The second-order valence-corrected chi connectivity index (χ2v) is 10.7. The highest BCUT2D eigenvalue weighted by Crippen LogP contribution is 2.35. The Labute approximate surface area is 234 Å². The van der Waals surface area contributed by atoms with Crippen molar-refractivity contribution >= 4 is 40.4 Å². The van der Waals surface area contributed by atoms with Crippen LogP contribution in [0.5, 0.6) is 0 Å². The Morgan fingerprint density at radius 2 is 1.90 bits per heavy atom. The molecule has 0 bridgehead atoms. The van der Waals surface area contributed by atoms with Crippen LogP contribution in [0.3, 0.4) is 0 Å². The Morgan fingerprint density at radius 1 is 1.15 bits per heavy atom. The number of nitrogens with zero attached hydrogens (tertiary/aromatic N) is 6. The van der Waals surface area contributed by atoms with Crippen LogP contribution < -0.4 is 16.3 Å². The van der Waals surface area contributed by atoms with Crippen LogP contribution in [0.2, 0.25) is 5.02 Å². The van der Waals surface area contributed by atoms with Gasteiger partial charge in [0.05, 0.1) is 16.1 Å². The first kappa shape index (κ1) is 27.3. The van der Waals surface area contributed by atoms with Crippen molar-refractivity contribution < 1.29 is 14.3 Å². The summed E-state index contributed by atoms with van der Waals surface area (Å²) < 4.78 is 17.2. The van der Waals surface area contributed by atoms with Crippen LogP contribution in [0.15, 0.2) is 41.2 Å². The van der Waals surface area contributed by atoms with E-state index in [-0.39, 0.29) is 65.3 Å². The number of aromatic nitrogens is 4. The van der Waals surface area contributed by atoms with Crippen molar-refractivity contribution in [1.29, 1.82) is 0 Å². The Balaban J connectivity index is 1.85. The fourth-order valence-electron chi connectivity index (χ4n) is 5.21. The van der Waals surface area contributed by atoms with E-state index in [4.69, 9.17) is 17.3 Å². The zero-order chi connectivity index (χ0) is 28.9. The van der Waals surface area contributed by atoms with E-state index in [0.29, 0.717) is 11.1 Å². The van der Waals surface area contributed by atoms with Gasteiger partial charge in [0.25, 0.3) is 0 Å². The summed E-state index contributed by atoms with van der Waals surface area (Å²) in [6.07, 6.45) is -1.02. The Hall–Kier alpha value is -4.25. The van der Waals surface area contributed by atoms with Gasteiger partial charge in [-0.3, -0.25) is 0 Å². The number of benzene rings is 1. The lowest BCUT2D eigenvalue weighted by molar-refractivity contribution is 0.136. The van der Waals surface area contributed by atoms with Gasteiger partial charge in [-0.15, -0.1) is 0 Å². The Bertz CT molecular complexity index is 1710. The number of amides is 1. The maximum Gasteiger partial charge on any atom is 0.407 e. The van der Waals surface area contributed by atoms with Crippen molar-refractivity contribution in [3.05, 3.63) is 68.8 Å².